The Balaban J connectivity index is 1.87. The second-order valence-electron chi connectivity index (χ2n) is 5.89. The molecule has 11 nitrogen and oxygen atoms in total. The number of nitrogens with zero attached hydrogens (tertiary/aromatic N) is 4. The number of rotatable bonds is 4. The number of aromatic nitrogens is 2. The molecule has 0 amide bonds. The topological polar surface area (TPSA) is 144 Å². The van der Waals surface area contributed by atoms with E-state index in [0.29, 0.717) is 18.2 Å². The lowest BCUT2D eigenvalue weighted by Gasteiger charge is -2.34. The van der Waals surface area contributed by atoms with Gasteiger partial charge in [0.25, 0.3) is 0 Å². The summed E-state index contributed by atoms with van der Waals surface area (Å²) in [7, 11) is -1.05. The molecule has 24 heavy (non-hydrogen) atoms. The zero-order valence-corrected chi connectivity index (χ0v) is 14.1. The van der Waals surface area contributed by atoms with Crippen LogP contribution < -0.4 is 4.90 Å². The number of imidazole rings is 1. The Morgan fingerprint density at radius 2 is 2.17 bits per heavy atom. The minimum Gasteiger partial charge on any atom is -0.394 e. The first-order valence-corrected chi connectivity index (χ1v) is 8.82. The van der Waals surface area contributed by atoms with Gasteiger partial charge >= 0.3 is 7.82 Å². The van der Waals surface area contributed by atoms with Crippen LogP contribution >= 0.6 is 7.82 Å². The van der Waals surface area contributed by atoms with Gasteiger partial charge in [0.05, 0.1) is 19.6 Å². The Bertz CT molecular complexity index is 689. The van der Waals surface area contributed by atoms with Crippen LogP contribution in [0.3, 0.4) is 0 Å². The van der Waals surface area contributed by atoms with Crippen LogP contribution in [0.15, 0.2) is 6.33 Å². The molecule has 4 N–H and O–H groups in total. The third-order valence-corrected chi connectivity index (χ3v) is 4.65. The van der Waals surface area contributed by atoms with E-state index >= 15 is 0 Å². The molecule has 3 heterocycles. The van der Waals surface area contributed by atoms with Crippen molar-refractivity contribution in [2.45, 2.75) is 24.9 Å². The fraction of sp³-hybridized carbons (Fsp3) is 0.667. The molecule has 3 atom stereocenters. The minimum atomic E-state index is -4.69. The quantitative estimate of drug-likeness (QED) is 0.512. The molecule has 2 aliphatic heterocycles. The summed E-state index contributed by atoms with van der Waals surface area (Å²) in [5.74, 6) is 0.957. The van der Waals surface area contributed by atoms with Gasteiger partial charge in [0.1, 0.15) is 29.9 Å². The van der Waals surface area contributed by atoms with Gasteiger partial charge in [0, 0.05) is 20.5 Å². The second kappa shape index (κ2) is 6.10. The predicted molar refractivity (Wildman–Crippen MR) is 82.6 cm³/mol. The van der Waals surface area contributed by atoms with E-state index in [-0.39, 0.29) is 12.3 Å². The third-order valence-electron chi connectivity index (χ3n) is 4.10. The van der Waals surface area contributed by atoms with Crippen molar-refractivity contribution in [1.29, 1.82) is 5.41 Å². The van der Waals surface area contributed by atoms with Crippen molar-refractivity contribution >= 4 is 19.5 Å². The Morgan fingerprint density at radius 3 is 2.79 bits per heavy atom. The zero-order chi connectivity index (χ0) is 17.6. The molecule has 1 aromatic heterocycles. The third kappa shape index (κ3) is 3.06. The smallest absolute Gasteiger partial charge is 0.394 e. The summed E-state index contributed by atoms with van der Waals surface area (Å²) in [5, 5.41) is 17.5. The van der Waals surface area contributed by atoms with Crippen LogP contribution in [0.2, 0.25) is 0 Å². The monoisotopic (exact) mass is 361 g/mol. The van der Waals surface area contributed by atoms with Crippen LogP contribution in [-0.4, -0.2) is 74.8 Å². The van der Waals surface area contributed by atoms with E-state index in [4.69, 9.17) is 24.5 Å². The molecule has 2 aliphatic rings. The summed E-state index contributed by atoms with van der Waals surface area (Å²) in [6.07, 6.45) is -0.718. The molecule has 0 saturated carbocycles. The number of nitrogens with one attached hydrogen (secondary N) is 1. The molecular weight excluding hydrogens is 341 g/mol. The average Bonchev–Trinajstić information content (AvgIpc) is 3.07. The zero-order valence-electron chi connectivity index (χ0n) is 13.2. The minimum absolute atomic E-state index is 0.149. The number of fused-ring (bicyclic) bond motifs is 1. The van der Waals surface area contributed by atoms with Crippen LogP contribution in [0.4, 0.5) is 5.82 Å². The highest BCUT2D eigenvalue weighted by Gasteiger charge is 2.42. The molecule has 0 bridgehead atoms. The number of aliphatic hydroxyl groups is 1. The molecule has 1 saturated heterocycles. The first-order valence-electron chi connectivity index (χ1n) is 7.29. The van der Waals surface area contributed by atoms with Crippen molar-refractivity contribution < 1.29 is 28.7 Å². The molecule has 0 unspecified atom stereocenters. The highest BCUT2D eigenvalue weighted by atomic mass is 31.2. The number of amidine groups is 1. The normalized spacial score (nSPS) is 27.7. The maximum Gasteiger partial charge on any atom is 0.469 e. The van der Waals surface area contributed by atoms with E-state index in [2.05, 4.69) is 4.98 Å². The fourth-order valence-corrected chi connectivity index (χ4v) is 3.64. The van der Waals surface area contributed by atoms with E-state index in [9.17, 15) is 9.67 Å². The largest absolute Gasteiger partial charge is 0.469 e. The molecule has 0 radical (unpaired) electrons. The van der Waals surface area contributed by atoms with Crippen molar-refractivity contribution in [3.8, 4) is 0 Å². The SMILES string of the molecule is CN1CN(C)c2c(ncn2[C@H]2C[C@H](OP(=O)(O)O)[C@@H](CO)O2)C1=N. The van der Waals surface area contributed by atoms with Crippen molar-refractivity contribution in [2.75, 3.05) is 32.3 Å². The van der Waals surface area contributed by atoms with E-state index in [1.54, 1.807) is 16.5 Å². The van der Waals surface area contributed by atoms with Gasteiger partial charge in [-0.3, -0.25) is 14.5 Å². The van der Waals surface area contributed by atoms with Gasteiger partial charge in [-0.2, -0.15) is 0 Å². The molecule has 3 rings (SSSR count). The highest BCUT2D eigenvalue weighted by Crippen LogP contribution is 2.44. The number of ether oxygens (including phenoxy) is 1. The number of hydrogen-bond donors (Lipinski definition) is 4. The molecule has 0 spiro atoms. The lowest BCUT2D eigenvalue weighted by Crippen LogP contribution is -2.43. The number of aliphatic hydroxyl groups excluding tert-OH is 1. The van der Waals surface area contributed by atoms with Crippen LogP contribution in [0, 0.1) is 5.41 Å². The van der Waals surface area contributed by atoms with Crippen molar-refractivity contribution in [3.05, 3.63) is 12.0 Å². The van der Waals surface area contributed by atoms with Crippen molar-refractivity contribution in [2.24, 2.45) is 0 Å². The van der Waals surface area contributed by atoms with Gasteiger partial charge in [0.15, 0.2) is 5.84 Å². The Morgan fingerprint density at radius 1 is 1.46 bits per heavy atom. The van der Waals surface area contributed by atoms with Gasteiger partial charge in [-0.05, 0) is 0 Å². The molecule has 12 heteroatoms. The highest BCUT2D eigenvalue weighted by molar-refractivity contribution is 7.46. The molecule has 0 aromatic carbocycles. The average molecular weight is 361 g/mol. The Hall–Kier alpha value is -1.49. The maximum atomic E-state index is 11.1. The van der Waals surface area contributed by atoms with Crippen LogP contribution in [0.1, 0.15) is 18.3 Å². The van der Waals surface area contributed by atoms with Gasteiger partial charge in [-0.25, -0.2) is 9.55 Å². The van der Waals surface area contributed by atoms with Gasteiger partial charge in [-0.15, -0.1) is 0 Å². The predicted octanol–water partition coefficient (Wildman–Crippen LogP) is -0.695. The van der Waals surface area contributed by atoms with E-state index < -0.39 is 32.9 Å². The first kappa shape index (κ1) is 17.3. The summed E-state index contributed by atoms with van der Waals surface area (Å²) >= 11 is 0. The van der Waals surface area contributed by atoms with E-state index in [1.807, 2.05) is 11.9 Å². The number of hydrogen-bond acceptors (Lipinski definition) is 7. The number of anilines is 1. The van der Waals surface area contributed by atoms with E-state index in [0.717, 1.165) is 0 Å². The lowest BCUT2D eigenvalue weighted by molar-refractivity contribution is -0.0433. The molecule has 1 aromatic rings. The fourth-order valence-electron chi connectivity index (χ4n) is 3.07. The van der Waals surface area contributed by atoms with Gasteiger partial charge < -0.3 is 29.4 Å². The number of phosphoric ester groups is 1. The molecule has 134 valence electrons. The second-order valence-corrected chi connectivity index (χ2v) is 7.08. The molecule has 1 fully saturated rings. The summed E-state index contributed by atoms with van der Waals surface area (Å²) in [6, 6.07) is 0. The van der Waals surface area contributed by atoms with Crippen LogP contribution in [0.5, 0.6) is 0 Å². The summed E-state index contributed by atoms with van der Waals surface area (Å²) in [4.78, 5) is 25.9. The Labute approximate surface area is 138 Å². The van der Waals surface area contributed by atoms with E-state index in [1.165, 1.54) is 6.33 Å². The Kier molecular flexibility index (Phi) is 4.41. The van der Waals surface area contributed by atoms with Crippen molar-refractivity contribution in [1.82, 2.24) is 14.5 Å². The van der Waals surface area contributed by atoms with Crippen LogP contribution in [0.25, 0.3) is 0 Å². The summed E-state index contributed by atoms with van der Waals surface area (Å²) in [5.41, 5.74) is 0.495. The summed E-state index contributed by atoms with van der Waals surface area (Å²) < 4.78 is 23.2. The lowest BCUT2D eigenvalue weighted by atomic mass is 10.2. The van der Waals surface area contributed by atoms with Gasteiger partial charge in [0.2, 0.25) is 0 Å². The standard InChI is InChI=1S/C12H20N5O6P/c1-15-6-16(2)12-10(11(15)13)14-5-17(12)9-3-7(8(4-18)22-9)23-24(19,20)21/h5,7-9,13,18H,3-4,6H2,1-2H3,(H2,19,20,21)/t7-,8+,9+/m0/s1. The molecular formula is C12H20N5O6P. The van der Waals surface area contributed by atoms with Crippen molar-refractivity contribution in [3.63, 3.8) is 0 Å². The van der Waals surface area contributed by atoms with Gasteiger partial charge in [-0.1, -0.05) is 0 Å². The molecule has 0 aliphatic carbocycles. The number of phosphoric acid groups is 1. The summed E-state index contributed by atoms with van der Waals surface area (Å²) in [6.45, 7) is 0.0720. The maximum absolute atomic E-state index is 11.1. The first-order chi connectivity index (χ1) is 11.2. The van der Waals surface area contributed by atoms with Crippen LogP contribution in [-0.2, 0) is 13.8 Å².